The molecule has 0 spiro atoms. The molecule has 0 radical (unpaired) electrons. The molecular formula is C25H34F2N4O2. The van der Waals surface area contributed by atoms with Gasteiger partial charge in [-0.25, -0.2) is 13.8 Å². The van der Waals surface area contributed by atoms with Crippen LogP contribution >= 0.6 is 0 Å². The third-order valence-electron chi connectivity index (χ3n) is 6.58. The highest BCUT2D eigenvalue weighted by Crippen LogP contribution is 2.36. The highest BCUT2D eigenvalue weighted by molar-refractivity contribution is 5.71. The van der Waals surface area contributed by atoms with Gasteiger partial charge in [-0.2, -0.15) is 0 Å². The molecule has 2 aromatic rings. The Kier molecular flexibility index (Phi) is 7.46. The molecule has 8 heteroatoms. The quantitative estimate of drug-likeness (QED) is 0.423. The van der Waals surface area contributed by atoms with Crippen LogP contribution in [0, 0.1) is 11.6 Å². The lowest BCUT2D eigenvalue weighted by Crippen LogP contribution is -2.42. The zero-order valence-electron chi connectivity index (χ0n) is 19.3. The van der Waals surface area contributed by atoms with E-state index in [1.807, 2.05) is 0 Å². The monoisotopic (exact) mass is 460 g/mol. The number of aromatic nitrogens is 1. The largest absolute Gasteiger partial charge is 0.388 e. The predicted octanol–water partition coefficient (Wildman–Crippen LogP) is 4.31. The zero-order valence-corrected chi connectivity index (χ0v) is 19.3. The summed E-state index contributed by atoms with van der Waals surface area (Å²) in [6.07, 6.45) is 6.73. The van der Waals surface area contributed by atoms with Crippen molar-refractivity contribution in [1.29, 1.82) is 0 Å². The van der Waals surface area contributed by atoms with Crippen LogP contribution < -0.4 is 16.0 Å². The van der Waals surface area contributed by atoms with Crippen LogP contribution in [0.4, 0.5) is 20.3 Å². The van der Waals surface area contributed by atoms with Crippen LogP contribution in [0.3, 0.4) is 0 Å². The predicted molar refractivity (Wildman–Crippen MR) is 126 cm³/mol. The van der Waals surface area contributed by atoms with Crippen molar-refractivity contribution in [3.8, 4) is 11.1 Å². The lowest BCUT2D eigenvalue weighted by molar-refractivity contribution is 0.161. The van der Waals surface area contributed by atoms with Crippen molar-refractivity contribution in [3.05, 3.63) is 42.1 Å². The summed E-state index contributed by atoms with van der Waals surface area (Å²) in [4.78, 5) is 4.23. The average Bonchev–Trinajstić information content (AvgIpc) is 3.53. The van der Waals surface area contributed by atoms with E-state index in [1.54, 1.807) is 25.3 Å². The fourth-order valence-electron chi connectivity index (χ4n) is 4.46. The Morgan fingerprint density at radius 2 is 1.85 bits per heavy atom. The van der Waals surface area contributed by atoms with Crippen molar-refractivity contribution in [2.45, 2.75) is 69.2 Å². The number of anilines is 2. The van der Waals surface area contributed by atoms with Crippen molar-refractivity contribution in [2.75, 3.05) is 30.9 Å². The number of nitrogens with one attached hydrogen (secondary N) is 3. The van der Waals surface area contributed by atoms with E-state index in [4.69, 9.17) is 4.74 Å². The highest BCUT2D eigenvalue weighted by Gasteiger charge is 2.40. The maximum Gasteiger partial charge on any atom is 0.149 e. The molecule has 180 valence electrons. The average molecular weight is 461 g/mol. The van der Waals surface area contributed by atoms with Crippen LogP contribution in [0.1, 0.15) is 45.4 Å². The zero-order chi connectivity index (χ0) is 23.4. The van der Waals surface area contributed by atoms with Crippen LogP contribution in [0.2, 0.25) is 0 Å². The second kappa shape index (κ2) is 10.3. The summed E-state index contributed by atoms with van der Waals surface area (Å²) in [6.45, 7) is 3.10. The van der Waals surface area contributed by atoms with E-state index in [2.05, 4.69) is 27.9 Å². The van der Waals surface area contributed by atoms with Crippen molar-refractivity contribution in [3.63, 3.8) is 0 Å². The molecule has 2 fully saturated rings. The molecule has 6 nitrogen and oxygen atoms in total. The topological polar surface area (TPSA) is 78.4 Å². The first-order valence-corrected chi connectivity index (χ1v) is 11.8. The summed E-state index contributed by atoms with van der Waals surface area (Å²) in [6, 6.07) is 7.23. The number of nitrogens with zero attached hydrogens (tertiary/aromatic N) is 1. The van der Waals surface area contributed by atoms with Gasteiger partial charge in [-0.3, -0.25) is 0 Å². The first kappa shape index (κ1) is 23.9. The number of rotatable bonds is 10. The molecule has 0 saturated heterocycles. The fourth-order valence-corrected chi connectivity index (χ4v) is 4.46. The molecule has 2 aliphatic carbocycles. The van der Waals surface area contributed by atoms with Gasteiger partial charge >= 0.3 is 0 Å². The molecule has 4 N–H and O–H groups in total. The second-order valence-electron chi connectivity index (χ2n) is 9.54. The number of ether oxygens (including phenoxy) is 1. The van der Waals surface area contributed by atoms with Crippen molar-refractivity contribution >= 4 is 11.5 Å². The molecule has 1 atom stereocenters. The van der Waals surface area contributed by atoms with Crippen LogP contribution in [-0.4, -0.2) is 54.1 Å². The Labute approximate surface area is 194 Å². The van der Waals surface area contributed by atoms with Gasteiger partial charge in [0.2, 0.25) is 0 Å². The summed E-state index contributed by atoms with van der Waals surface area (Å²) in [5, 5.41) is 20.0. The number of methoxy groups -OCH3 is 1. The van der Waals surface area contributed by atoms with Gasteiger partial charge in [-0.05, 0) is 69.2 Å². The molecule has 2 saturated carbocycles. The van der Waals surface area contributed by atoms with Gasteiger partial charge in [0.1, 0.15) is 17.5 Å². The third kappa shape index (κ3) is 6.40. The third-order valence-corrected chi connectivity index (χ3v) is 6.58. The van der Waals surface area contributed by atoms with Gasteiger partial charge in [0.15, 0.2) is 0 Å². The summed E-state index contributed by atoms with van der Waals surface area (Å²) in [5.74, 6) is -0.276. The number of halogens is 2. The standard InChI is InChI=1S/C25H34F2N4O2/c1-16(14-33-2)30-18-4-6-19(7-5-18)31-24-12-20(22(27)13-28-24)17-3-8-21(26)23(11-17)29-15-25(32)9-10-25/h3,8,11-13,16,18-19,29-30,32H,4-7,9-10,14-15H2,1-2H3,(H,28,31)/t16-,18?,19?/m1/s1. The van der Waals surface area contributed by atoms with E-state index in [1.165, 1.54) is 12.3 Å². The van der Waals surface area contributed by atoms with Crippen LogP contribution in [-0.2, 0) is 4.74 Å². The summed E-state index contributed by atoms with van der Waals surface area (Å²) in [5.41, 5.74) is 0.429. The van der Waals surface area contributed by atoms with Crippen LogP contribution in [0.5, 0.6) is 0 Å². The van der Waals surface area contributed by atoms with Crippen LogP contribution in [0.15, 0.2) is 30.5 Å². The molecule has 1 heterocycles. The fraction of sp³-hybridized carbons (Fsp3) is 0.560. The minimum atomic E-state index is -0.752. The van der Waals surface area contributed by atoms with E-state index in [0.717, 1.165) is 25.7 Å². The number of hydrogen-bond donors (Lipinski definition) is 4. The second-order valence-corrected chi connectivity index (χ2v) is 9.54. The number of hydrogen-bond acceptors (Lipinski definition) is 6. The first-order chi connectivity index (χ1) is 15.8. The minimum absolute atomic E-state index is 0.257. The smallest absolute Gasteiger partial charge is 0.149 e. The number of pyridine rings is 1. The van der Waals surface area contributed by atoms with Crippen molar-refractivity contribution in [2.24, 2.45) is 0 Å². The molecule has 1 aromatic heterocycles. The summed E-state index contributed by atoms with van der Waals surface area (Å²) >= 11 is 0. The van der Waals surface area contributed by atoms with Crippen molar-refractivity contribution < 1.29 is 18.6 Å². The summed E-state index contributed by atoms with van der Waals surface area (Å²) in [7, 11) is 1.71. The van der Waals surface area contributed by atoms with E-state index in [-0.39, 0.29) is 18.3 Å². The Morgan fingerprint density at radius 1 is 1.12 bits per heavy atom. The Balaban J connectivity index is 1.39. The molecule has 4 rings (SSSR count). The maximum absolute atomic E-state index is 14.6. The van der Waals surface area contributed by atoms with E-state index >= 15 is 0 Å². The molecular weight excluding hydrogens is 426 g/mol. The Morgan fingerprint density at radius 3 is 2.55 bits per heavy atom. The molecule has 0 unspecified atom stereocenters. The molecule has 1 aromatic carbocycles. The van der Waals surface area contributed by atoms with Gasteiger partial charge < -0.3 is 25.8 Å². The first-order valence-electron chi connectivity index (χ1n) is 11.8. The molecule has 0 bridgehead atoms. The number of benzene rings is 1. The van der Waals surface area contributed by atoms with Crippen molar-refractivity contribution in [1.82, 2.24) is 10.3 Å². The van der Waals surface area contributed by atoms with Crippen LogP contribution in [0.25, 0.3) is 11.1 Å². The molecule has 33 heavy (non-hydrogen) atoms. The molecule has 0 amide bonds. The van der Waals surface area contributed by atoms with E-state index in [0.29, 0.717) is 48.5 Å². The van der Waals surface area contributed by atoms with Gasteiger partial charge in [-0.1, -0.05) is 6.07 Å². The van der Waals surface area contributed by atoms with E-state index in [9.17, 15) is 13.9 Å². The lowest BCUT2D eigenvalue weighted by Gasteiger charge is -2.31. The van der Waals surface area contributed by atoms with Gasteiger partial charge in [-0.15, -0.1) is 0 Å². The normalized spacial score (nSPS) is 22.6. The highest BCUT2D eigenvalue weighted by atomic mass is 19.1. The van der Waals surface area contributed by atoms with Gasteiger partial charge in [0.25, 0.3) is 0 Å². The van der Waals surface area contributed by atoms with Gasteiger partial charge in [0, 0.05) is 37.3 Å². The Hall–Kier alpha value is -2.29. The van der Waals surface area contributed by atoms with E-state index < -0.39 is 17.2 Å². The minimum Gasteiger partial charge on any atom is -0.388 e. The molecule has 2 aliphatic rings. The Bertz CT molecular complexity index is 946. The number of aliphatic hydroxyl groups is 1. The SMILES string of the molecule is COC[C@@H](C)NC1CCC(Nc2cc(-c3ccc(F)c(NCC4(O)CC4)c3)c(F)cn2)CC1. The van der Waals surface area contributed by atoms with Gasteiger partial charge in [0.05, 0.1) is 24.1 Å². The summed E-state index contributed by atoms with van der Waals surface area (Å²) < 4.78 is 34.1. The lowest BCUT2D eigenvalue weighted by atomic mass is 9.90. The maximum atomic E-state index is 14.6. The molecule has 0 aliphatic heterocycles.